The zero-order valence-electron chi connectivity index (χ0n) is 9.32. The van der Waals surface area contributed by atoms with Gasteiger partial charge in [-0.15, -0.1) is 0 Å². The summed E-state index contributed by atoms with van der Waals surface area (Å²) in [4.78, 5) is 0. The molecule has 4 heteroatoms. The van der Waals surface area contributed by atoms with Crippen molar-refractivity contribution in [2.45, 2.75) is 26.2 Å². The first-order chi connectivity index (χ1) is 7.58. The summed E-state index contributed by atoms with van der Waals surface area (Å²) in [6.07, 6.45) is 3.34. The van der Waals surface area contributed by atoms with E-state index in [-0.39, 0.29) is 16.8 Å². The number of rotatable bonds is 4. The Morgan fingerprint density at radius 1 is 1.38 bits per heavy atom. The molecule has 0 saturated heterocycles. The molecular formula is C12H16F2N2. The summed E-state index contributed by atoms with van der Waals surface area (Å²) in [5, 5.41) is 2.94. The Morgan fingerprint density at radius 3 is 2.62 bits per heavy atom. The molecule has 1 aromatic carbocycles. The molecule has 1 aliphatic rings. The molecule has 2 rings (SSSR count). The Hall–Kier alpha value is -1.32. The smallest absolute Gasteiger partial charge is 0.183 e. The monoisotopic (exact) mass is 226 g/mol. The Morgan fingerprint density at radius 2 is 2.06 bits per heavy atom. The lowest BCUT2D eigenvalue weighted by molar-refractivity contribution is 0.501. The van der Waals surface area contributed by atoms with Crippen molar-refractivity contribution in [3.63, 3.8) is 0 Å². The predicted molar refractivity (Wildman–Crippen MR) is 61.2 cm³/mol. The predicted octanol–water partition coefficient (Wildman–Crippen LogP) is 3.15. The first-order valence-corrected chi connectivity index (χ1v) is 5.55. The maximum Gasteiger partial charge on any atom is 0.183 e. The van der Waals surface area contributed by atoms with E-state index in [2.05, 4.69) is 12.2 Å². The highest BCUT2D eigenvalue weighted by molar-refractivity contribution is 5.66. The van der Waals surface area contributed by atoms with Crippen LogP contribution in [0.2, 0.25) is 0 Å². The van der Waals surface area contributed by atoms with Crippen LogP contribution in [0.1, 0.15) is 26.2 Å². The van der Waals surface area contributed by atoms with Gasteiger partial charge in [0.1, 0.15) is 0 Å². The van der Waals surface area contributed by atoms with Crippen LogP contribution in [0.3, 0.4) is 0 Å². The number of anilines is 2. The number of nitrogens with one attached hydrogen (secondary N) is 1. The van der Waals surface area contributed by atoms with Crippen LogP contribution in [0.5, 0.6) is 0 Å². The highest BCUT2D eigenvalue weighted by atomic mass is 19.2. The van der Waals surface area contributed by atoms with E-state index in [9.17, 15) is 8.78 Å². The highest BCUT2D eigenvalue weighted by Crippen LogP contribution is 2.48. The molecule has 0 unspecified atom stereocenters. The van der Waals surface area contributed by atoms with E-state index in [1.54, 1.807) is 0 Å². The minimum Gasteiger partial charge on any atom is -0.397 e. The standard InChI is InChI=1S/C12H16F2N2/c1-2-12(5-6-12)7-16-11-9(15)4-3-8(13)10(11)14/h3-4,16H,2,5-7,15H2,1H3. The second-order valence-electron chi connectivity index (χ2n) is 4.53. The van der Waals surface area contributed by atoms with Crippen LogP contribution in [0.4, 0.5) is 20.2 Å². The van der Waals surface area contributed by atoms with Crippen LogP contribution in [0, 0.1) is 17.0 Å². The molecule has 0 bridgehead atoms. The van der Waals surface area contributed by atoms with Gasteiger partial charge in [0, 0.05) is 6.54 Å². The second kappa shape index (κ2) is 3.92. The van der Waals surface area contributed by atoms with E-state index in [1.165, 1.54) is 6.07 Å². The number of nitrogen functional groups attached to an aromatic ring is 1. The Bertz CT molecular complexity index is 400. The lowest BCUT2D eigenvalue weighted by Gasteiger charge is -2.16. The number of hydrogen-bond donors (Lipinski definition) is 2. The van der Waals surface area contributed by atoms with Gasteiger partial charge in [0.2, 0.25) is 0 Å². The van der Waals surface area contributed by atoms with Gasteiger partial charge in [0.15, 0.2) is 11.6 Å². The third-order valence-electron chi connectivity index (χ3n) is 3.47. The normalized spacial score (nSPS) is 17.2. The SMILES string of the molecule is CCC1(CNc2c(N)ccc(F)c2F)CC1. The molecule has 0 aliphatic heterocycles. The van der Waals surface area contributed by atoms with Crippen LogP contribution in [-0.2, 0) is 0 Å². The van der Waals surface area contributed by atoms with E-state index in [1.807, 2.05) is 0 Å². The molecule has 0 atom stereocenters. The van der Waals surface area contributed by atoms with Crippen LogP contribution in [0.15, 0.2) is 12.1 Å². The first kappa shape index (κ1) is 11.2. The average molecular weight is 226 g/mol. The van der Waals surface area contributed by atoms with Crippen LogP contribution in [0.25, 0.3) is 0 Å². The maximum absolute atomic E-state index is 13.4. The van der Waals surface area contributed by atoms with Crippen molar-refractivity contribution in [1.82, 2.24) is 0 Å². The zero-order chi connectivity index (χ0) is 11.8. The largest absolute Gasteiger partial charge is 0.397 e. The summed E-state index contributed by atoms with van der Waals surface area (Å²) in [7, 11) is 0. The molecule has 0 amide bonds. The van der Waals surface area contributed by atoms with E-state index < -0.39 is 11.6 Å². The van der Waals surface area contributed by atoms with Crippen LogP contribution >= 0.6 is 0 Å². The van der Waals surface area contributed by atoms with Crippen LogP contribution in [-0.4, -0.2) is 6.54 Å². The summed E-state index contributed by atoms with van der Waals surface area (Å²) >= 11 is 0. The van der Waals surface area contributed by atoms with Gasteiger partial charge in [-0.05, 0) is 36.8 Å². The molecular weight excluding hydrogens is 210 g/mol. The van der Waals surface area contributed by atoms with Gasteiger partial charge in [-0.1, -0.05) is 6.92 Å². The van der Waals surface area contributed by atoms with Gasteiger partial charge in [0.05, 0.1) is 11.4 Å². The third-order valence-corrected chi connectivity index (χ3v) is 3.47. The maximum atomic E-state index is 13.4. The van der Waals surface area contributed by atoms with Crippen molar-refractivity contribution in [2.75, 3.05) is 17.6 Å². The Kier molecular flexibility index (Phi) is 2.74. The lowest BCUT2D eigenvalue weighted by atomic mass is 10.0. The van der Waals surface area contributed by atoms with Crippen molar-refractivity contribution < 1.29 is 8.78 Å². The average Bonchev–Trinajstić information content (AvgIpc) is 3.05. The van der Waals surface area contributed by atoms with Crippen molar-refractivity contribution in [2.24, 2.45) is 5.41 Å². The first-order valence-electron chi connectivity index (χ1n) is 5.55. The molecule has 1 fully saturated rings. The van der Waals surface area contributed by atoms with Gasteiger partial charge < -0.3 is 11.1 Å². The fraction of sp³-hybridized carbons (Fsp3) is 0.500. The number of hydrogen-bond acceptors (Lipinski definition) is 2. The molecule has 2 nitrogen and oxygen atoms in total. The van der Waals surface area contributed by atoms with E-state index in [0.717, 1.165) is 25.3 Å². The lowest BCUT2D eigenvalue weighted by Crippen LogP contribution is -2.16. The van der Waals surface area contributed by atoms with Crippen molar-refractivity contribution in [3.8, 4) is 0 Å². The van der Waals surface area contributed by atoms with Gasteiger partial charge >= 0.3 is 0 Å². The second-order valence-corrected chi connectivity index (χ2v) is 4.53. The molecule has 0 spiro atoms. The van der Waals surface area contributed by atoms with E-state index in [0.29, 0.717) is 6.54 Å². The third kappa shape index (κ3) is 1.96. The quantitative estimate of drug-likeness (QED) is 0.774. The Labute approximate surface area is 93.8 Å². The molecule has 0 heterocycles. The molecule has 16 heavy (non-hydrogen) atoms. The summed E-state index contributed by atoms with van der Waals surface area (Å²) in [5.41, 5.74) is 6.23. The summed E-state index contributed by atoms with van der Waals surface area (Å²) in [6.45, 7) is 2.77. The fourth-order valence-electron chi connectivity index (χ4n) is 1.85. The van der Waals surface area contributed by atoms with E-state index >= 15 is 0 Å². The number of halogens is 2. The van der Waals surface area contributed by atoms with Crippen molar-refractivity contribution in [3.05, 3.63) is 23.8 Å². The highest BCUT2D eigenvalue weighted by Gasteiger charge is 2.40. The van der Waals surface area contributed by atoms with Gasteiger partial charge in [-0.3, -0.25) is 0 Å². The van der Waals surface area contributed by atoms with Crippen LogP contribution < -0.4 is 11.1 Å². The minimum atomic E-state index is -0.882. The molecule has 88 valence electrons. The van der Waals surface area contributed by atoms with Gasteiger partial charge in [-0.25, -0.2) is 8.78 Å². The summed E-state index contributed by atoms with van der Waals surface area (Å²) in [5.74, 6) is -1.75. The Balaban J connectivity index is 2.12. The van der Waals surface area contributed by atoms with Gasteiger partial charge in [0.25, 0.3) is 0 Å². The molecule has 3 N–H and O–H groups in total. The van der Waals surface area contributed by atoms with E-state index in [4.69, 9.17) is 5.73 Å². The number of nitrogens with two attached hydrogens (primary N) is 1. The summed E-state index contributed by atoms with van der Waals surface area (Å²) in [6, 6.07) is 2.43. The molecule has 0 radical (unpaired) electrons. The number of benzene rings is 1. The summed E-state index contributed by atoms with van der Waals surface area (Å²) < 4.78 is 26.5. The van der Waals surface area contributed by atoms with Crippen molar-refractivity contribution in [1.29, 1.82) is 0 Å². The molecule has 1 saturated carbocycles. The molecule has 1 aromatic rings. The van der Waals surface area contributed by atoms with Gasteiger partial charge in [-0.2, -0.15) is 0 Å². The van der Waals surface area contributed by atoms with Crippen molar-refractivity contribution >= 4 is 11.4 Å². The molecule has 0 aromatic heterocycles. The topological polar surface area (TPSA) is 38.0 Å². The minimum absolute atomic E-state index is 0.0970. The molecule has 1 aliphatic carbocycles. The fourth-order valence-corrected chi connectivity index (χ4v) is 1.85. The zero-order valence-corrected chi connectivity index (χ0v) is 9.32.